The highest BCUT2D eigenvalue weighted by molar-refractivity contribution is 5.75. The number of esters is 1. The number of fused-ring (bicyclic) bond motifs is 2. The van der Waals surface area contributed by atoms with Crippen LogP contribution in [0.1, 0.15) is 72.2 Å². The highest BCUT2D eigenvalue weighted by Crippen LogP contribution is 2.37. The number of likely N-dealkylation sites (N-methyl/N-ethyl adjacent to an activating group) is 1. The first-order valence-electron chi connectivity index (χ1n) is 14.8. The third-order valence-corrected chi connectivity index (χ3v) is 7.72. The maximum Gasteiger partial charge on any atom is 0.335 e. The van der Waals surface area contributed by atoms with Gasteiger partial charge in [-0.25, -0.2) is 4.79 Å². The van der Waals surface area contributed by atoms with Gasteiger partial charge < -0.3 is 14.2 Å². The van der Waals surface area contributed by atoms with Gasteiger partial charge in [-0.05, 0) is 92.6 Å². The summed E-state index contributed by atoms with van der Waals surface area (Å²) < 4.78 is 17.0. The molecule has 0 N–H and O–H groups in total. The second-order valence-corrected chi connectivity index (χ2v) is 10.8. The zero-order chi connectivity index (χ0) is 28.5. The number of carbonyl (C=O) groups excluding carboxylic acids is 1. The van der Waals surface area contributed by atoms with E-state index in [4.69, 9.17) is 14.2 Å². The quantitative estimate of drug-likeness (QED) is 0.226. The van der Waals surface area contributed by atoms with Gasteiger partial charge in [0.25, 0.3) is 0 Å². The molecule has 0 heterocycles. The van der Waals surface area contributed by atoms with E-state index in [1.54, 1.807) is 0 Å². The second kappa shape index (κ2) is 14.5. The fraction of sp³-hybridized carbons (Fsp3) is 0.457. The van der Waals surface area contributed by atoms with Crippen LogP contribution in [0.25, 0.3) is 0 Å². The van der Waals surface area contributed by atoms with E-state index in [9.17, 15) is 4.79 Å². The highest BCUT2D eigenvalue weighted by atomic mass is 16.6. The predicted molar refractivity (Wildman–Crippen MR) is 161 cm³/mol. The molecule has 0 radical (unpaired) electrons. The minimum Gasteiger partial charge on any atom is -0.492 e. The van der Waals surface area contributed by atoms with Gasteiger partial charge in [0.05, 0.1) is 12.6 Å². The van der Waals surface area contributed by atoms with Gasteiger partial charge in [0.1, 0.15) is 12.4 Å². The Morgan fingerprint density at radius 3 is 2.38 bits per heavy atom. The second-order valence-electron chi connectivity index (χ2n) is 10.8. The average Bonchev–Trinajstić information content (AvgIpc) is 3.10. The number of rotatable bonds is 13. The molecule has 5 nitrogen and oxygen atoms in total. The molecule has 0 bridgehead atoms. The fourth-order valence-electron chi connectivity index (χ4n) is 5.72. The third-order valence-electron chi connectivity index (χ3n) is 7.72. The molecule has 214 valence electrons. The van der Waals surface area contributed by atoms with Crippen LogP contribution in [0.4, 0.5) is 0 Å². The Kier molecular flexibility index (Phi) is 10.8. The Labute approximate surface area is 240 Å². The molecule has 0 aliphatic heterocycles. The van der Waals surface area contributed by atoms with Gasteiger partial charge in [-0.1, -0.05) is 67.4 Å². The van der Waals surface area contributed by atoms with Crippen molar-refractivity contribution in [2.24, 2.45) is 0 Å². The highest BCUT2D eigenvalue weighted by Gasteiger charge is 2.27. The lowest BCUT2D eigenvalue weighted by Gasteiger charge is -2.31. The lowest BCUT2D eigenvalue weighted by Crippen LogP contribution is -2.30. The van der Waals surface area contributed by atoms with Crippen molar-refractivity contribution in [1.29, 1.82) is 0 Å². The molecule has 0 fully saturated rings. The van der Waals surface area contributed by atoms with Crippen LogP contribution in [-0.2, 0) is 40.0 Å². The van der Waals surface area contributed by atoms with Gasteiger partial charge in [-0.3, -0.25) is 4.90 Å². The summed E-state index contributed by atoms with van der Waals surface area (Å²) in [5.41, 5.74) is 9.51. The van der Waals surface area contributed by atoms with E-state index in [0.717, 1.165) is 43.5 Å². The van der Waals surface area contributed by atoms with Crippen LogP contribution in [0.5, 0.6) is 5.75 Å². The van der Waals surface area contributed by atoms with E-state index in [-0.39, 0.29) is 12.0 Å². The van der Waals surface area contributed by atoms with Crippen molar-refractivity contribution in [2.75, 3.05) is 33.4 Å². The first-order chi connectivity index (χ1) is 19.4. The van der Waals surface area contributed by atoms with E-state index in [1.807, 2.05) is 38.1 Å². The molecule has 3 aromatic carbocycles. The molecule has 0 aromatic heterocycles. The molecule has 5 heteroatoms. The van der Waals surface area contributed by atoms with Gasteiger partial charge in [0.15, 0.2) is 6.10 Å². The van der Waals surface area contributed by atoms with Crippen LogP contribution in [0.3, 0.4) is 0 Å². The first-order valence-corrected chi connectivity index (χ1v) is 14.8. The molecule has 1 aliphatic carbocycles. The van der Waals surface area contributed by atoms with Crippen LogP contribution in [0.15, 0.2) is 60.7 Å². The Morgan fingerprint density at radius 1 is 0.900 bits per heavy atom. The fourth-order valence-corrected chi connectivity index (χ4v) is 5.72. The summed E-state index contributed by atoms with van der Waals surface area (Å²) >= 11 is 0. The van der Waals surface area contributed by atoms with Crippen molar-refractivity contribution < 1.29 is 19.0 Å². The number of benzene rings is 3. The average molecular weight is 544 g/mol. The minimum atomic E-state index is -0.586. The van der Waals surface area contributed by atoms with Crippen molar-refractivity contribution in [2.45, 2.75) is 71.9 Å². The van der Waals surface area contributed by atoms with Crippen molar-refractivity contribution in [3.05, 3.63) is 99.6 Å². The molecule has 3 aromatic rings. The van der Waals surface area contributed by atoms with Crippen LogP contribution < -0.4 is 4.74 Å². The summed E-state index contributed by atoms with van der Waals surface area (Å²) in [6.45, 7) is 10.3. The lowest BCUT2D eigenvalue weighted by atomic mass is 9.91. The predicted octanol–water partition coefficient (Wildman–Crippen LogP) is 6.66. The zero-order valence-corrected chi connectivity index (χ0v) is 24.9. The summed E-state index contributed by atoms with van der Waals surface area (Å²) in [6, 6.07) is 22.2. The van der Waals surface area contributed by atoms with Crippen molar-refractivity contribution in [3.8, 4) is 5.75 Å². The molecule has 40 heavy (non-hydrogen) atoms. The van der Waals surface area contributed by atoms with Crippen molar-refractivity contribution in [1.82, 2.24) is 4.90 Å². The lowest BCUT2D eigenvalue weighted by molar-refractivity contribution is -0.156. The Bertz CT molecular complexity index is 1250. The van der Waals surface area contributed by atoms with Gasteiger partial charge in [-0.2, -0.15) is 0 Å². The van der Waals surface area contributed by atoms with Crippen LogP contribution in [0.2, 0.25) is 0 Å². The number of nitrogens with zero attached hydrogens (tertiary/aromatic N) is 1. The SMILES string of the molecule is CCCc1ccc2c(c1)C(N(C)CCOc1ccc(CC(OCC)C(=O)OCC)cc1)c1ccc(C)cc1CC2. The van der Waals surface area contributed by atoms with Crippen molar-refractivity contribution >= 4 is 5.97 Å². The number of ether oxygens (including phenoxy) is 3. The third kappa shape index (κ3) is 7.52. The van der Waals surface area contributed by atoms with Crippen LogP contribution in [-0.4, -0.2) is 50.4 Å². The Balaban J connectivity index is 1.44. The maximum atomic E-state index is 12.2. The molecule has 1 aliphatic rings. The molecule has 0 saturated carbocycles. The number of hydrogen-bond acceptors (Lipinski definition) is 5. The topological polar surface area (TPSA) is 48.0 Å². The van der Waals surface area contributed by atoms with Gasteiger partial charge in [0.2, 0.25) is 0 Å². The van der Waals surface area contributed by atoms with E-state index in [1.165, 1.54) is 33.4 Å². The van der Waals surface area contributed by atoms with E-state index in [0.29, 0.717) is 26.2 Å². The summed E-state index contributed by atoms with van der Waals surface area (Å²) in [5.74, 6) is 0.509. The molecule has 4 rings (SSSR count). The molecule has 0 amide bonds. The normalized spacial score (nSPS) is 15.2. The standard InChI is InChI=1S/C35H45NO4/c1-6-9-26-11-14-28-15-16-29-22-25(4)10-19-31(29)34(32(28)23-26)36(5)20-21-40-30-17-12-27(13-18-30)24-33(38-7-2)35(37)39-8-3/h10-14,17-19,22-23,33-34H,6-9,15-16,20-21,24H2,1-5H3. The number of carbonyl (C=O) groups is 1. The molecule has 0 spiro atoms. The summed E-state index contributed by atoms with van der Waals surface area (Å²) in [7, 11) is 2.21. The minimum absolute atomic E-state index is 0.203. The molecule has 0 saturated heterocycles. The van der Waals surface area contributed by atoms with Gasteiger partial charge in [-0.15, -0.1) is 0 Å². The number of aryl methyl sites for hydroxylation is 4. The largest absolute Gasteiger partial charge is 0.492 e. The van der Waals surface area contributed by atoms with Gasteiger partial charge in [0, 0.05) is 19.6 Å². The first kappa shape index (κ1) is 29.8. The smallest absolute Gasteiger partial charge is 0.335 e. The van der Waals surface area contributed by atoms with Crippen LogP contribution in [0, 0.1) is 6.92 Å². The van der Waals surface area contributed by atoms with E-state index < -0.39 is 6.10 Å². The zero-order valence-electron chi connectivity index (χ0n) is 24.9. The Hall–Kier alpha value is -3.15. The van der Waals surface area contributed by atoms with Crippen molar-refractivity contribution in [3.63, 3.8) is 0 Å². The number of hydrogen-bond donors (Lipinski definition) is 0. The maximum absolute atomic E-state index is 12.2. The van der Waals surface area contributed by atoms with E-state index >= 15 is 0 Å². The Morgan fingerprint density at radius 2 is 1.65 bits per heavy atom. The molecule has 2 unspecified atom stereocenters. The summed E-state index contributed by atoms with van der Waals surface area (Å²) in [6.07, 6.45) is 4.30. The van der Waals surface area contributed by atoms with E-state index in [2.05, 4.69) is 62.2 Å². The summed E-state index contributed by atoms with van der Waals surface area (Å²) in [5, 5.41) is 0. The van der Waals surface area contributed by atoms with Crippen LogP contribution >= 0.6 is 0 Å². The molecular formula is C35H45NO4. The molecule has 2 atom stereocenters. The monoisotopic (exact) mass is 543 g/mol. The molecular weight excluding hydrogens is 498 g/mol. The van der Waals surface area contributed by atoms with Gasteiger partial charge >= 0.3 is 5.97 Å². The summed E-state index contributed by atoms with van der Waals surface area (Å²) in [4.78, 5) is 14.6.